The first-order chi connectivity index (χ1) is 6.68. The highest BCUT2D eigenvalue weighted by atomic mass is 16.1. The molecule has 0 aromatic carbocycles. The number of carbonyl (C=O) groups excluding carboxylic acids is 1. The molecule has 2 heterocycles. The molecule has 0 saturated carbocycles. The number of primary amides is 1. The van der Waals surface area contributed by atoms with Gasteiger partial charge < -0.3 is 10.7 Å². The van der Waals surface area contributed by atoms with E-state index in [0.717, 1.165) is 0 Å². The Morgan fingerprint density at radius 2 is 2.29 bits per heavy atom. The summed E-state index contributed by atoms with van der Waals surface area (Å²) in [7, 11) is 0. The zero-order valence-electron chi connectivity index (χ0n) is 7.15. The zero-order valence-corrected chi connectivity index (χ0v) is 7.15. The molecule has 0 bridgehead atoms. The van der Waals surface area contributed by atoms with E-state index in [-0.39, 0.29) is 11.1 Å². The van der Waals surface area contributed by atoms with E-state index in [0.29, 0.717) is 11.0 Å². The highest BCUT2D eigenvalue weighted by Crippen LogP contribution is 2.03. The van der Waals surface area contributed by atoms with Crippen LogP contribution < -0.4 is 11.2 Å². The lowest BCUT2D eigenvalue weighted by Crippen LogP contribution is -2.17. The third-order valence-electron chi connectivity index (χ3n) is 1.87. The number of H-pyrrole nitrogens is 1. The first kappa shape index (κ1) is 8.43. The van der Waals surface area contributed by atoms with Gasteiger partial charge in [-0.1, -0.05) is 0 Å². The van der Waals surface area contributed by atoms with Gasteiger partial charge in [0.25, 0.3) is 5.91 Å². The van der Waals surface area contributed by atoms with Crippen molar-refractivity contribution in [2.24, 2.45) is 5.73 Å². The Bertz CT molecular complexity index is 559. The minimum Gasteiger partial charge on any atom is -0.364 e. The molecular weight excluding hydrogens is 182 g/mol. The molecule has 2 aromatic rings. The quantitative estimate of drug-likeness (QED) is 0.662. The Balaban J connectivity index is 2.86. The maximum absolute atomic E-state index is 11.4. The van der Waals surface area contributed by atoms with Crippen LogP contribution in [0.3, 0.4) is 0 Å². The molecule has 0 atom stereocenters. The van der Waals surface area contributed by atoms with Gasteiger partial charge in [-0.25, -0.2) is 4.98 Å². The third kappa shape index (κ3) is 1.24. The fraction of sp³-hybridized carbons (Fsp3) is 0. The Labute approximate surface area is 78.6 Å². The number of aromatic amines is 1. The zero-order chi connectivity index (χ0) is 10.1. The molecule has 0 spiro atoms. The largest absolute Gasteiger partial charge is 0.364 e. The van der Waals surface area contributed by atoms with E-state index in [1.807, 2.05) is 0 Å². The molecule has 2 aromatic heterocycles. The van der Waals surface area contributed by atoms with E-state index >= 15 is 0 Å². The molecule has 2 rings (SSSR count). The van der Waals surface area contributed by atoms with Crippen molar-refractivity contribution < 1.29 is 4.79 Å². The number of carbonyl (C=O) groups is 1. The minimum atomic E-state index is -0.672. The van der Waals surface area contributed by atoms with Crippen LogP contribution in [-0.4, -0.2) is 15.9 Å². The predicted molar refractivity (Wildman–Crippen MR) is 50.9 cm³/mol. The van der Waals surface area contributed by atoms with E-state index in [2.05, 4.69) is 9.97 Å². The topological polar surface area (TPSA) is 88.8 Å². The molecule has 0 unspecified atom stereocenters. The lowest BCUT2D eigenvalue weighted by molar-refractivity contribution is 0.0996. The number of fused-ring (bicyclic) bond motifs is 1. The molecule has 3 N–H and O–H groups in total. The van der Waals surface area contributed by atoms with Crippen LogP contribution in [0.2, 0.25) is 0 Å². The second-order valence-electron chi connectivity index (χ2n) is 2.81. The molecule has 70 valence electrons. The van der Waals surface area contributed by atoms with Gasteiger partial charge in [0.05, 0.1) is 5.39 Å². The fourth-order valence-electron chi connectivity index (χ4n) is 1.21. The summed E-state index contributed by atoms with van der Waals surface area (Å²) in [6, 6.07) is 4.46. The van der Waals surface area contributed by atoms with Gasteiger partial charge in [0, 0.05) is 12.3 Å². The number of aromatic nitrogens is 2. The van der Waals surface area contributed by atoms with E-state index in [9.17, 15) is 9.59 Å². The molecule has 0 aliphatic carbocycles. The molecule has 1 amide bonds. The summed E-state index contributed by atoms with van der Waals surface area (Å²) in [5.74, 6) is -0.672. The van der Waals surface area contributed by atoms with Crippen LogP contribution in [0.15, 0.2) is 29.2 Å². The monoisotopic (exact) mass is 189 g/mol. The number of amides is 1. The van der Waals surface area contributed by atoms with Crippen molar-refractivity contribution in [2.45, 2.75) is 0 Å². The molecule has 0 aliphatic rings. The van der Waals surface area contributed by atoms with Crippen LogP contribution in [0.4, 0.5) is 0 Å². The van der Waals surface area contributed by atoms with Crippen LogP contribution in [0.1, 0.15) is 10.5 Å². The van der Waals surface area contributed by atoms with Crippen LogP contribution in [0.25, 0.3) is 11.0 Å². The Hall–Kier alpha value is -2.17. The van der Waals surface area contributed by atoms with Gasteiger partial charge in [-0.2, -0.15) is 0 Å². The minimum absolute atomic E-state index is 0.0706. The van der Waals surface area contributed by atoms with Crippen LogP contribution in [0, 0.1) is 0 Å². The Morgan fingerprint density at radius 3 is 3.00 bits per heavy atom. The third-order valence-corrected chi connectivity index (χ3v) is 1.87. The lowest BCUT2D eigenvalue weighted by Gasteiger charge is -1.98. The molecule has 0 saturated heterocycles. The van der Waals surface area contributed by atoms with Crippen LogP contribution in [0.5, 0.6) is 0 Å². The first-order valence-corrected chi connectivity index (χ1v) is 3.96. The van der Waals surface area contributed by atoms with Gasteiger partial charge in [0.2, 0.25) is 0 Å². The van der Waals surface area contributed by atoms with Crippen molar-refractivity contribution in [3.05, 3.63) is 40.3 Å². The number of nitrogens with one attached hydrogen (secondary N) is 1. The number of nitrogens with zero attached hydrogens (tertiary/aromatic N) is 1. The van der Waals surface area contributed by atoms with Crippen molar-refractivity contribution in [1.82, 2.24) is 9.97 Å². The summed E-state index contributed by atoms with van der Waals surface area (Å²) in [4.78, 5) is 28.9. The van der Waals surface area contributed by atoms with Gasteiger partial charge in [-0.05, 0) is 12.1 Å². The van der Waals surface area contributed by atoms with Crippen molar-refractivity contribution in [3.8, 4) is 0 Å². The average molecular weight is 189 g/mol. The summed E-state index contributed by atoms with van der Waals surface area (Å²) in [5, 5.41) is 0.442. The van der Waals surface area contributed by atoms with E-state index in [1.165, 1.54) is 12.3 Å². The number of pyridine rings is 2. The lowest BCUT2D eigenvalue weighted by atomic mass is 10.2. The maximum Gasteiger partial charge on any atom is 0.265 e. The molecule has 5 heteroatoms. The van der Waals surface area contributed by atoms with Crippen molar-refractivity contribution in [2.75, 3.05) is 0 Å². The SMILES string of the molecule is NC(=O)c1cc(=O)c2cccnc2[nH]1. The van der Waals surface area contributed by atoms with Gasteiger partial charge in [0.15, 0.2) is 5.43 Å². The summed E-state index contributed by atoms with van der Waals surface area (Å²) < 4.78 is 0. The fourth-order valence-corrected chi connectivity index (χ4v) is 1.21. The van der Waals surface area contributed by atoms with E-state index in [1.54, 1.807) is 12.1 Å². The second-order valence-corrected chi connectivity index (χ2v) is 2.81. The number of hydrogen-bond acceptors (Lipinski definition) is 3. The molecule has 14 heavy (non-hydrogen) atoms. The average Bonchev–Trinajstić information content (AvgIpc) is 2.17. The Kier molecular flexibility index (Phi) is 1.78. The molecule has 0 fully saturated rings. The maximum atomic E-state index is 11.4. The smallest absolute Gasteiger partial charge is 0.265 e. The van der Waals surface area contributed by atoms with E-state index in [4.69, 9.17) is 5.73 Å². The summed E-state index contributed by atoms with van der Waals surface area (Å²) in [6.07, 6.45) is 1.53. The summed E-state index contributed by atoms with van der Waals surface area (Å²) in [5.41, 5.74) is 5.21. The van der Waals surface area contributed by atoms with Gasteiger partial charge >= 0.3 is 0 Å². The number of rotatable bonds is 1. The van der Waals surface area contributed by atoms with Crippen molar-refractivity contribution >= 4 is 16.9 Å². The Morgan fingerprint density at radius 1 is 1.50 bits per heavy atom. The highest BCUT2D eigenvalue weighted by Gasteiger charge is 2.05. The van der Waals surface area contributed by atoms with Gasteiger partial charge in [-0.15, -0.1) is 0 Å². The van der Waals surface area contributed by atoms with Gasteiger partial charge in [-0.3, -0.25) is 9.59 Å². The summed E-state index contributed by atoms with van der Waals surface area (Å²) in [6.45, 7) is 0. The predicted octanol–water partition coefficient (Wildman–Crippen LogP) is 0.0220. The highest BCUT2D eigenvalue weighted by molar-refractivity contribution is 5.92. The first-order valence-electron chi connectivity index (χ1n) is 3.96. The van der Waals surface area contributed by atoms with Crippen LogP contribution >= 0.6 is 0 Å². The molecular formula is C9H7N3O2. The number of hydrogen-bond donors (Lipinski definition) is 2. The van der Waals surface area contributed by atoms with Crippen molar-refractivity contribution in [3.63, 3.8) is 0 Å². The normalized spacial score (nSPS) is 10.3. The van der Waals surface area contributed by atoms with Crippen molar-refractivity contribution in [1.29, 1.82) is 0 Å². The molecule has 5 nitrogen and oxygen atoms in total. The molecule has 0 radical (unpaired) electrons. The number of nitrogens with two attached hydrogens (primary N) is 1. The molecule has 0 aliphatic heterocycles. The standard InChI is InChI=1S/C9H7N3O2/c10-8(14)6-4-7(13)5-2-1-3-11-9(5)12-6/h1-4H,(H2,10,14)(H,11,12,13). The second kappa shape index (κ2) is 2.95. The van der Waals surface area contributed by atoms with E-state index < -0.39 is 5.91 Å². The van der Waals surface area contributed by atoms with Crippen LogP contribution in [-0.2, 0) is 0 Å². The summed E-state index contributed by atoms with van der Waals surface area (Å²) >= 11 is 0. The van der Waals surface area contributed by atoms with Gasteiger partial charge in [0.1, 0.15) is 11.3 Å².